The van der Waals surface area contributed by atoms with Gasteiger partial charge in [0.25, 0.3) is 11.8 Å². The molecule has 3 aromatic rings. The minimum Gasteiger partial charge on any atom is -0.489 e. The number of hydrogen-bond acceptors (Lipinski definition) is 5. The van der Waals surface area contributed by atoms with Crippen LogP contribution in [0.1, 0.15) is 25.8 Å². The van der Waals surface area contributed by atoms with Crippen LogP contribution in [0, 0.1) is 0 Å². The number of para-hydroxylation sites is 1. The van der Waals surface area contributed by atoms with E-state index in [0.717, 1.165) is 30.6 Å². The van der Waals surface area contributed by atoms with E-state index in [1.165, 1.54) is 5.56 Å². The molecule has 0 N–H and O–H groups in total. The van der Waals surface area contributed by atoms with E-state index in [9.17, 15) is 0 Å². The first-order chi connectivity index (χ1) is 12.6. The summed E-state index contributed by atoms with van der Waals surface area (Å²) in [4.78, 5) is 6.68. The summed E-state index contributed by atoms with van der Waals surface area (Å²) in [6.45, 7) is 4.80. The molecule has 0 spiro atoms. The molecule has 0 aliphatic carbocycles. The van der Waals surface area contributed by atoms with E-state index in [2.05, 4.69) is 33.2 Å². The summed E-state index contributed by atoms with van der Waals surface area (Å²) in [6, 6.07) is 13.8. The maximum atomic E-state index is 6.32. The lowest BCUT2D eigenvalue weighted by Gasteiger charge is -2.27. The Morgan fingerprint density at radius 1 is 1.19 bits per heavy atom. The first kappa shape index (κ1) is 16.9. The predicted octanol–water partition coefficient (Wildman–Crippen LogP) is 5.26. The number of aryl methyl sites for hydroxylation is 1. The molecule has 0 bridgehead atoms. The molecule has 0 saturated carbocycles. The Kier molecular flexibility index (Phi) is 4.55. The van der Waals surface area contributed by atoms with Crippen molar-refractivity contribution in [2.24, 2.45) is 0 Å². The first-order valence-electron chi connectivity index (χ1n) is 8.77. The Labute approximate surface area is 157 Å². The summed E-state index contributed by atoms with van der Waals surface area (Å²) in [7, 11) is 0. The molecule has 0 saturated heterocycles. The van der Waals surface area contributed by atoms with E-state index in [0.29, 0.717) is 22.6 Å². The molecule has 0 radical (unpaired) electrons. The predicted molar refractivity (Wildman–Crippen MR) is 102 cm³/mol. The van der Waals surface area contributed by atoms with Gasteiger partial charge in [0, 0.05) is 17.8 Å². The first-order valence-corrected chi connectivity index (χ1v) is 9.15. The van der Waals surface area contributed by atoms with Crippen molar-refractivity contribution >= 4 is 23.2 Å². The van der Waals surface area contributed by atoms with Crippen LogP contribution in [0.5, 0.6) is 5.75 Å². The highest BCUT2D eigenvalue weighted by molar-refractivity contribution is 6.32. The van der Waals surface area contributed by atoms with E-state index < -0.39 is 0 Å². The van der Waals surface area contributed by atoms with Crippen LogP contribution in [-0.2, 0) is 6.42 Å². The monoisotopic (exact) mass is 369 g/mol. The molecule has 4 rings (SSSR count). The van der Waals surface area contributed by atoms with Crippen molar-refractivity contribution < 1.29 is 9.26 Å². The standard InChI is InChI=1S/C20H20ClN3O2/c1-13(2)25-18-10-9-15(12-16(18)21)19-22-20(23-26-19)24-11-5-7-14-6-3-4-8-17(14)24/h3-4,6,8-10,12-13H,5,7,11H2,1-2H3. The van der Waals surface area contributed by atoms with Crippen molar-refractivity contribution in [1.29, 1.82) is 0 Å². The van der Waals surface area contributed by atoms with E-state index in [1.54, 1.807) is 6.07 Å². The molecule has 2 aromatic carbocycles. The molecule has 1 aromatic heterocycles. The lowest BCUT2D eigenvalue weighted by molar-refractivity contribution is 0.242. The zero-order chi connectivity index (χ0) is 18.1. The third kappa shape index (κ3) is 3.27. The Bertz CT molecular complexity index is 923. The summed E-state index contributed by atoms with van der Waals surface area (Å²) in [5, 5.41) is 4.71. The highest BCUT2D eigenvalue weighted by Gasteiger charge is 2.22. The van der Waals surface area contributed by atoms with Crippen molar-refractivity contribution in [2.45, 2.75) is 32.8 Å². The highest BCUT2D eigenvalue weighted by atomic mass is 35.5. The van der Waals surface area contributed by atoms with Gasteiger partial charge in [0.05, 0.1) is 11.1 Å². The molecule has 5 nitrogen and oxygen atoms in total. The van der Waals surface area contributed by atoms with Crippen molar-refractivity contribution in [3.63, 3.8) is 0 Å². The van der Waals surface area contributed by atoms with Gasteiger partial charge in [-0.1, -0.05) is 29.8 Å². The maximum absolute atomic E-state index is 6.32. The van der Waals surface area contributed by atoms with Crippen molar-refractivity contribution in [2.75, 3.05) is 11.4 Å². The molecule has 0 fully saturated rings. The van der Waals surface area contributed by atoms with Crippen LogP contribution in [0.4, 0.5) is 11.6 Å². The number of fused-ring (bicyclic) bond motifs is 1. The largest absolute Gasteiger partial charge is 0.489 e. The molecule has 0 amide bonds. The van der Waals surface area contributed by atoms with Crippen LogP contribution in [0.2, 0.25) is 5.02 Å². The van der Waals surface area contributed by atoms with Crippen LogP contribution in [-0.4, -0.2) is 22.8 Å². The van der Waals surface area contributed by atoms with Crippen LogP contribution in [0.15, 0.2) is 47.0 Å². The molecule has 6 heteroatoms. The SMILES string of the molecule is CC(C)Oc1ccc(-c2nc(N3CCCc4ccccc43)no2)cc1Cl. The lowest BCUT2D eigenvalue weighted by atomic mass is 10.0. The quantitative estimate of drug-likeness (QED) is 0.627. The van der Waals surface area contributed by atoms with Crippen LogP contribution in [0.3, 0.4) is 0 Å². The van der Waals surface area contributed by atoms with Gasteiger partial charge in [0.1, 0.15) is 5.75 Å². The van der Waals surface area contributed by atoms with Crippen molar-refractivity contribution in [3.05, 3.63) is 53.1 Å². The van der Waals surface area contributed by atoms with Crippen molar-refractivity contribution in [1.82, 2.24) is 10.1 Å². The summed E-state index contributed by atoms with van der Waals surface area (Å²) >= 11 is 6.32. The Morgan fingerprint density at radius 3 is 2.85 bits per heavy atom. The summed E-state index contributed by atoms with van der Waals surface area (Å²) in [5.41, 5.74) is 3.23. The number of ether oxygens (including phenoxy) is 1. The molecule has 26 heavy (non-hydrogen) atoms. The second-order valence-electron chi connectivity index (χ2n) is 6.60. The Balaban J connectivity index is 1.62. The Morgan fingerprint density at radius 2 is 2.04 bits per heavy atom. The molecule has 1 aliphatic rings. The minimum absolute atomic E-state index is 0.0625. The van der Waals surface area contributed by atoms with Gasteiger partial charge in [-0.3, -0.25) is 0 Å². The molecule has 134 valence electrons. The maximum Gasteiger partial charge on any atom is 0.270 e. The highest BCUT2D eigenvalue weighted by Crippen LogP contribution is 2.34. The van der Waals surface area contributed by atoms with E-state index in [4.69, 9.17) is 20.9 Å². The fourth-order valence-corrected chi connectivity index (χ4v) is 3.39. The second-order valence-corrected chi connectivity index (χ2v) is 7.00. The second kappa shape index (κ2) is 7.00. The number of hydrogen-bond donors (Lipinski definition) is 0. The average molecular weight is 370 g/mol. The van der Waals surface area contributed by atoms with E-state index in [1.807, 2.05) is 32.0 Å². The van der Waals surface area contributed by atoms with Gasteiger partial charge in [-0.15, -0.1) is 0 Å². The zero-order valence-corrected chi connectivity index (χ0v) is 15.5. The van der Waals surface area contributed by atoms with E-state index >= 15 is 0 Å². The van der Waals surface area contributed by atoms with Gasteiger partial charge in [0.15, 0.2) is 0 Å². The fourth-order valence-electron chi connectivity index (χ4n) is 3.17. The number of nitrogens with zero attached hydrogens (tertiary/aromatic N) is 3. The van der Waals surface area contributed by atoms with Gasteiger partial charge in [0.2, 0.25) is 0 Å². The topological polar surface area (TPSA) is 51.4 Å². The number of aromatic nitrogens is 2. The van der Waals surface area contributed by atoms with Gasteiger partial charge in [-0.25, -0.2) is 0 Å². The minimum atomic E-state index is 0.0625. The van der Waals surface area contributed by atoms with Gasteiger partial charge in [-0.2, -0.15) is 4.98 Å². The molecule has 0 atom stereocenters. The zero-order valence-electron chi connectivity index (χ0n) is 14.8. The van der Waals surface area contributed by atoms with Crippen LogP contribution in [0.25, 0.3) is 11.5 Å². The van der Waals surface area contributed by atoms with Crippen LogP contribution >= 0.6 is 11.6 Å². The summed E-state index contributed by atoms with van der Waals surface area (Å²) in [5.74, 6) is 1.67. The van der Waals surface area contributed by atoms with Crippen molar-refractivity contribution in [3.8, 4) is 17.2 Å². The van der Waals surface area contributed by atoms with Gasteiger partial charge >= 0.3 is 0 Å². The number of benzene rings is 2. The third-order valence-electron chi connectivity index (χ3n) is 4.31. The van der Waals surface area contributed by atoms with Crippen LogP contribution < -0.4 is 9.64 Å². The Hall–Kier alpha value is -2.53. The molecule has 1 aliphatic heterocycles. The van der Waals surface area contributed by atoms with Gasteiger partial charge < -0.3 is 14.2 Å². The number of rotatable bonds is 4. The smallest absolute Gasteiger partial charge is 0.270 e. The number of halogens is 1. The average Bonchev–Trinajstić information content (AvgIpc) is 3.12. The third-order valence-corrected chi connectivity index (χ3v) is 4.60. The number of anilines is 2. The molecular formula is C20H20ClN3O2. The summed E-state index contributed by atoms with van der Waals surface area (Å²) < 4.78 is 11.2. The molecular weight excluding hydrogens is 350 g/mol. The lowest BCUT2D eigenvalue weighted by Crippen LogP contribution is -2.25. The molecule has 2 heterocycles. The van der Waals surface area contributed by atoms with Gasteiger partial charge in [-0.05, 0) is 61.7 Å². The molecule has 0 unspecified atom stereocenters. The summed E-state index contributed by atoms with van der Waals surface area (Å²) in [6.07, 6.45) is 2.20. The van der Waals surface area contributed by atoms with E-state index in [-0.39, 0.29) is 6.10 Å². The normalized spacial score (nSPS) is 13.8. The fraction of sp³-hybridized carbons (Fsp3) is 0.300.